The molecule has 27 heavy (non-hydrogen) atoms. The third-order valence-electron chi connectivity index (χ3n) is 4.16. The number of thioether (sulfide) groups is 1. The highest BCUT2D eigenvalue weighted by Gasteiger charge is 2.20. The maximum absolute atomic E-state index is 12.5. The predicted octanol–water partition coefficient (Wildman–Crippen LogP) is 5.15. The summed E-state index contributed by atoms with van der Waals surface area (Å²) in [6.45, 7) is 4.72. The molecule has 1 aromatic heterocycles. The van der Waals surface area contributed by atoms with Crippen LogP contribution in [0.2, 0.25) is 5.02 Å². The van der Waals surface area contributed by atoms with Crippen LogP contribution in [0.15, 0.2) is 59.5 Å². The van der Waals surface area contributed by atoms with E-state index in [9.17, 15) is 4.79 Å². The number of carbonyl (C=O) groups is 1. The second-order valence-electron chi connectivity index (χ2n) is 6.13. The lowest BCUT2D eigenvalue weighted by Crippen LogP contribution is -2.11. The molecule has 140 valence electrons. The van der Waals surface area contributed by atoms with E-state index in [0.717, 1.165) is 16.2 Å². The van der Waals surface area contributed by atoms with Crippen LogP contribution in [0.25, 0.3) is 0 Å². The highest BCUT2D eigenvalue weighted by molar-refractivity contribution is 7.99. The summed E-state index contributed by atoms with van der Waals surface area (Å²) in [6.07, 6.45) is 0. The average Bonchev–Trinajstić information content (AvgIpc) is 2.94. The summed E-state index contributed by atoms with van der Waals surface area (Å²) in [6, 6.07) is 17.7. The quantitative estimate of drug-likeness (QED) is 0.312. The Morgan fingerprint density at radius 3 is 2.52 bits per heavy atom. The molecule has 2 aromatic carbocycles. The van der Waals surface area contributed by atoms with Crippen LogP contribution in [-0.4, -0.2) is 28.1 Å². The van der Waals surface area contributed by atoms with Crippen molar-refractivity contribution in [3.8, 4) is 0 Å². The lowest BCUT2D eigenvalue weighted by atomic mass is 10.2. The van der Waals surface area contributed by atoms with Gasteiger partial charge in [0, 0.05) is 15.7 Å². The Balaban J connectivity index is 1.57. The van der Waals surface area contributed by atoms with Gasteiger partial charge in [-0.25, -0.2) is 4.79 Å². The van der Waals surface area contributed by atoms with Gasteiger partial charge in [0.25, 0.3) is 0 Å². The first-order valence-corrected chi connectivity index (χ1v) is 10.0. The highest BCUT2D eigenvalue weighted by Crippen LogP contribution is 2.21. The van der Waals surface area contributed by atoms with Crippen LogP contribution >= 0.6 is 23.4 Å². The van der Waals surface area contributed by atoms with E-state index in [2.05, 4.69) is 5.10 Å². The molecule has 0 saturated heterocycles. The molecule has 0 atom stereocenters. The Hall–Kier alpha value is -2.24. The zero-order valence-electron chi connectivity index (χ0n) is 15.3. The first-order valence-electron chi connectivity index (χ1n) is 8.68. The summed E-state index contributed by atoms with van der Waals surface area (Å²) in [7, 11) is 0. The topological polar surface area (TPSA) is 44.1 Å². The highest BCUT2D eigenvalue weighted by atomic mass is 35.5. The molecule has 0 spiro atoms. The van der Waals surface area contributed by atoms with E-state index >= 15 is 0 Å². The van der Waals surface area contributed by atoms with E-state index in [1.54, 1.807) is 11.8 Å². The Bertz CT molecular complexity index is 908. The van der Waals surface area contributed by atoms with Gasteiger partial charge in [0.05, 0.1) is 17.9 Å². The number of esters is 1. The number of benzene rings is 2. The summed E-state index contributed by atoms with van der Waals surface area (Å²) >= 11 is 7.50. The zero-order valence-corrected chi connectivity index (χ0v) is 16.9. The molecule has 0 radical (unpaired) electrons. The lowest BCUT2D eigenvalue weighted by molar-refractivity contribution is 0.0528. The van der Waals surface area contributed by atoms with Crippen LogP contribution in [-0.2, 0) is 11.3 Å². The number of halogens is 1. The largest absolute Gasteiger partial charge is 0.461 e. The monoisotopic (exact) mass is 400 g/mol. The first-order chi connectivity index (χ1) is 13.0. The van der Waals surface area contributed by atoms with Gasteiger partial charge in [0.15, 0.2) is 0 Å². The molecular weight excluding hydrogens is 380 g/mol. The van der Waals surface area contributed by atoms with Gasteiger partial charge < -0.3 is 4.74 Å². The number of carbonyl (C=O) groups excluding carboxylic acids is 1. The van der Waals surface area contributed by atoms with E-state index in [-0.39, 0.29) is 5.97 Å². The maximum atomic E-state index is 12.5. The molecule has 0 fully saturated rings. The van der Waals surface area contributed by atoms with Gasteiger partial charge in [-0.1, -0.05) is 41.9 Å². The summed E-state index contributed by atoms with van der Waals surface area (Å²) in [5.41, 5.74) is 3.22. The number of ether oxygens (including phenoxy) is 1. The molecule has 0 aliphatic heterocycles. The summed E-state index contributed by atoms with van der Waals surface area (Å²) < 4.78 is 7.31. The first kappa shape index (κ1) is 19.5. The molecule has 0 unspecified atom stereocenters. The fourth-order valence-corrected chi connectivity index (χ4v) is 3.66. The van der Waals surface area contributed by atoms with Gasteiger partial charge in [-0.15, -0.1) is 11.8 Å². The Labute approximate surface area is 168 Å². The van der Waals surface area contributed by atoms with Gasteiger partial charge >= 0.3 is 5.97 Å². The Morgan fingerprint density at radius 1 is 1.11 bits per heavy atom. The van der Waals surface area contributed by atoms with Gasteiger partial charge in [0.1, 0.15) is 12.2 Å². The standard InChI is InChI=1S/C21H21ClN2O2S/c1-15-20(16(2)24(23-15)14-17-6-4-3-5-7-17)21(25)26-12-13-27-19-10-8-18(22)9-11-19/h3-11H,12-14H2,1-2H3. The molecule has 0 N–H and O–H groups in total. The van der Waals surface area contributed by atoms with Gasteiger partial charge in [-0.3, -0.25) is 4.68 Å². The minimum Gasteiger partial charge on any atom is -0.461 e. The maximum Gasteiger partial charge on any atom is 0.341 e. The van der Waals surface area contributed by atoms with E-state index in [4.69, 9.17) is 16.3 Å². The molecular formula is C21H21ClN2O2S. The molecule has 0 amide bonds. The molecule has 0 saturated carbocycles. The van der Waals surface area contributed by atoms with E-state index in [1.165, 1.54) is 0 Å². The zero-order chi connectivity index (χ0) is 19.2. The predicted molar refractivity (Wildman–Crippen MR) is 110 cm³/mol. The van der Waals surface area contributed by atoms with Crippen LogP contribution in [0.1, 0.15) is 27.3 Å². The number of aromatic nitrogens is 2. The van der Waals surface area contributed by atoms with Crippen LogP contribution in [0.4, 0.5) is 0 Å². The number of nitrogens with zero attached hydrogens (tertiary/aromatic N) is 2. The summed E-state index contributed by atoms with van der Waals surface area (Å²) in [5, 5.41) is 5.22. The average molecular weight is 401 g/mol. The molecule has 1 heterocycles. The fourth-order valence-electron chi connectivity index (χ4n) is 2.80. The molecule has 6 heteroatoms. The van der Waals surface area contributed by atoms with E-state index in [1.807, 2.05) is 73.1 Å². The minimum atomic E-state index is -0.319. The van der Waals surface area contributed by atoms with Crippen molar-refractivity contribution < 1.29 is 9.53 Å². The van der Waals surface area contributed by atoms with Crippen LogP contribution in [0, 0.1) is 13.8 Å². The van der Waals surface area contributed by atoms with Crippen molar-refractivity contribution in [2.75, 3.05) is 12.4 Å². The van der Waals surface area contributed by atoms with Crippen molar-refractivity contribution in [3.05, 3.63) is 82.1 Å². The summed E-state index contributed by atoms with van der Waals surface area (Å²) in [5.74, 6) is 0.366. The second kappa shape index (κ2) is 9.11. The van der Waals surface area contributed by atoms with Crippen molar-refractivity contribution in [3.63, 3.8) is 0 Å². The van der Waals surface area contributed by atoms with Crippen molar-refractivity contribution in [1.82, 2.24) is 9.78 Å². The molecule has 0 aliphatic carbocycles. The van der Waals surface area contributed by atoms with E-state index < -0.39 is 0 Å². The molecule has 4 nitrogen and oxygen atoms in total. The van der Waals surface area contributed by atoms with Crippen LogP contribution < -0.4 is 0 Å². The van der Waals surface area contributed by atoms with Crippen LogP contribution in [0.5, 0.6) is 0 Å². The Morgan fingerprint density at radius 2 is 1.81 bits per heavy atom. The van der Waals surface area contributed by atoms with E-state index in [0.29, 0.717) is 35.2 Å². The van der Waals surface area contributed by atoms with Gasteiger partial charge in [-0.2, -0.15) is 5.10 Å². The second-order valence-corrected chi connectivity index (χ2v) is 7.73. The number of rotatable bonds is 7. The fraction of sp³-hybridized carbons (Fsp3) is 0.238. The van der Waals surface area contributed by atoms with Crippen LogP contribution in [0.3, 0.4) is 0 Å². The SMILES string of the molecule is Cc1nn(Cc2ccccc2)c(C)c1C(=O)OCCSc1ccc(Cl)cc1. The number of hydrogen-bond acceptors (Lipinski definition) is 4. The van der Waals surface area contributed by atoms with Crippen molar-refractivity contribution in [2.24, 2.45) is 0 Å². The van der Waals surface area contributed by atoms with Crippen molar-refractivity contribution >= 4 is 29.3 Å². The summed E-state index contributed by atoms with van der Waals surface area (Å²) in [4.78, 5) is 13.6. The molecule has 0 bridgehead atoms. The molecule has 3 rings (SSSR count). The normalized spacial score (nSPS) is 10.8. The lowest BCUT2D eigenvalue weighted by Gasteiger charge is -2.07. The third-order valence-corrected chi connectivity index (χ3v) is 5.39. The van der Waals surface area contributed by atoms with Gasteiger partial charge in [-0.05, 0) is 43.7 Å². The van der Waals surface area contributed by atoms with Gasteiger partial charge in [0.2, 0.25) is 0 Å². The molecule has 0 aliphatic rings. The Kier molecular flexibility index (Phi) is 6.58. The smallest absolute Gasteiger partial charge is 0.341 e. The minimum absolute atomic E-state index is 0.319. The number of hydrogen-bond donors (Lipinski definition) is 0. The molecule has 3 aromatic rings. The van der Waals surface area contributed by atoms with Crippen molar-refractivity contribution in [2.45, 2.75) is 25.3 Å². The third kappa shape index (κ3) is 5.15. The number of aryl methyl sites for hydroxylation is 1. The van der Waals surface area contributed by atoms with Crippen molar-refractivity contribution in [1.29, 1.82) is 0 Å².